The molecular weight excluding hydrogens is 428 g/mol. The van der Waals surface area contributed by atoms with E-state index in [1.165, 1.54) is 49.3 Å². The molecular formula is C32H24OSi. The second kappa shape index (κ2) is 6.65. The van der Waals surface area contributed by atoms with Gasteiger partial charge in [0, 0.05) is 16.7 Å². The van der Waals surface area contributed by atoms with Crippen LogP contribution in [0, 0.1) is 0 Å². The van der Waals surface area contributed by atoms with Crippen molar-refractivity contribution in [3.63, 3.8) is 0 Å². The fraction of sp³-hybridized carbons (Fsp3) is 0.0938. The van der Waals surface area contributed by atoms with Crippen LogP contribution >= 0.6 is 0 Å². The molecule has 0 heterocycles. The van der Waals surface area contributed by atoms with Crippen LogP contribution in [-0.4, -0.2) is 13.9 Å². The summed E-state index contributed by atoms with van der Waals surface area (Å²) in [4.78, 5) is 14.1. The maximum atomic E-state index is 14.1. The van der Waals surface area contributed by atoms with Crippen LogP contribution < -0.4 is 5.19 Å². The van der Waals surface area contributed by atoms with Gasteiger partial charge < -0.3 is 0 Å². The third-order valence-corrected chi connectivity index (χ3v) is 9.44. The zero-order valence-electron chi connectivity index (χ0n) is 19.6. The Balaban J connectivity index is 1.80. The zero-order chi connectivity index (χ0) is 23.2. The van der Waals surface area contributed by atoms with Crippen molar-refractivity contribution < 1.29 is 4.79 Å². The normalized spacial score (nSPS) is 13.2. The number of fused-ring (bicyclic) bond motifs is 7. The molecule has 0 unspecified atom stereocenters. The lowest BCUT2D eigenvalue weighted by atomic mass is 9.87. The minimum absolute atomic E-state index is 0.190. The predicted octanol–water partition coefficient (Wildman–Crippen LogP) is 7.91. The van der Waals surface area contributed by atoms with E-state index in [0.29, 0.717) is 0 Å². The maximum absolute atomic E-state index is 14.1. The van der Waals surface area contributed by atoms with Gasteiger partial charge in [-0.3, -0.25) is 4.79 Å². The molecule has 0 aromatic heterocycles. The molecule has 0 saturated carbocycles. The molecule has 0 fully saturated rings. The van der Waals surface area contributed by atoms with E-state index in [2.05, 4.69) is 98.5 Å². The molecule has 0 atom stereocenters. The average Bonchev–Trinajstić information content (AvgIpc) is 3.33. The first-order valence-electron chi connectivity index (χ1n) is 11.9. The molecule has 5 aromatic rings. The van der Waals surface area contributed by atoms with Crippen LogP contribution in [0.5, 0.6) is 0 Å². The van der Waals surface area contributed by atoms with Crippen LogP contribution in [0.2, 0.25) is 19.6 Å². The number of carbonyl (C=O) groups excluding carboxylic acids is 1. The first-order valence-corrected chi connectivity index (χ1v) is 15.4. The van der Waals surface area contributed by atoms with Crippen LogP contribution in [0.3, 0.4) is 0 Å². The molecule has 0 N–H and O–H groups in total. The van der Waals surface area contributed by atoms with E-state index < -0.39 is 8.07 Å². The lowest BCUT2D eigenvalue weighted by molar-refractivity contribution is 0.104. The molecule has 0 radical (unpaired) electrons. The van der Waals surface area contributed by atoms with Crippen molar-refractivity contribution in [3.8, 4) is 44.5 Å². The molecule has 1 nitrogen and oxygen atoms in total. The zero-order valence-corrected chi connectivity index (χ0v) is 20.6. The minimum atomic E-state index is -1.91. The molecule has 5 aromatic carbocycles. The fourth-order valence-corrected chi connectivity index (χ4v) is 8.19. The Kier molecular flexibility index (Phi) is 3.85. The molecule has 0 bridgehead atoms. The van der Waals surface area contributed by atoms with Gasteiger partial charge in [0.2, 0.25) is 0 Å². The molecule has 2 aliphatic carbocycles. The topological polar surface area (TPSA) is 17.1 Å². The van der Waals surface area contributed by atoms with Crippen LogP contribution in [0.25, 0.3) is 55.3 Å². The van der Waals surface area contributed by atoms with Gasteiger partial charge in [0.1, 0.15) is 0 Å². The monoisotopic (exact) mass is 452 g/mol. The highest BCUT2D eigenvalue weighted by Crippen LogP contribution is 2.54. The van der Waals surface area contributed by atoms with Crippen LogP contribution in [-0.2, 0) is 0 Å². The molecule has 2 aliphatic rings. The Morgan fingerprint density at radius 2 is 1.00 bits per heavy atom. The summed E-state index contributed by atoms with van der Waals surface area (Å²) in [6.07, 6.45) is 0. The van der Waals surface area contributed by atoms with E-state index in [0.717, 1.165) is 22.3 Å². The molecule has 34 heavy (non-hydrogen) atoms. The Morgan fingerprint density at radius 3 is 1.68 bits per heavy atom. The van der Waals surface area contributed by atoms with Crippen molar-refractivity contribution in [1.29, 1.82) is 0 Å². The van der Waals surface area contributed by atoms with E-state index in [9.17, 15) is 4.79 Å². The smallest absolute Gasteiger partial charge is 0.194 e. The predicted molar refractivity (Wildman–Crippen MR) is 146 cm³/mol. The maximum Gasteiger partial charge on any atom is 0.194 e. The van der Waals surface area contributed by atoms with Gasteiger partial charge >= 0.3 is 0 Å². The molecule has 2 heteroatoms. The van der Waals surface area contributed by atoms with Gasteiger partial charge in [-0.25, -0.2) is 0 Å². The van der Waals surface area contributed by atoms with Crippen molar-refractivity contribution in [2.24, 2.45) is 0 Å². The number of rotatable bonds is 2. The lowest BCUT2D eigenvalue weighted by Gasteiger charge is -2.26. The van der Waals surface area contributed by atoms with E-state index in [-0.39, 0.29) is 5.78 Å². The summed E-state index contributed by atoms with van der Waals surface area (Å²) in [6, 6.07) is 32.1. The van der Waals surface area contributed by atoms with Crippen LogP contribution in [0.15, 0.2) is 91.0 Å². The fourth-order valence-electron chi connectivity index (χ4n) is 6.19. The standard InChI is InChI=1S/C32H24OSi/c1-34(2,3)32-29-22-14-8-7-13-21(22)24-18-17-20(19-11-5-4-6-12-19)26(27(24)29)28-23-15-9-10-16-25(23)31(33)30(28)32/h4-18H,1-3H3. The third kappa shape index (κ3) is 2.41. The van der Waals surface area contributed by atoms with Gasteiger partial charge in [0.15, 0.2) is 5.78 Å². The van der Waals surface area contributed by atoms with Crippen LogP contribution in [0.1, 0.15) is 15.9 Å². The molecule has 0 amide bonds. The Hall–Kier alpha value is -3.75. The molecule has 0 saturated heterocycles. The van der Waals surface area contributed by atoms with E-state index in [4.69, 9.17) is 0 Å². The summed E-state index contributed by atoms with van der Waals surface area (Å²) in [5.74, 6) is 0.190. The first kappa shape index (κ1) is 19.7. The number of carbonyl (C=O) groups is 1. The van der Waals surface area contributed by atoms with E-state index in [1.807, 2.05) is 12.1 Å². The summed E-state index contributed by atoms with van der Waals surface area (Å²) in [5.41, 5.74) is 11.6. The second-order valence-corrected chi connectivity index (χ2v) is 15.4. The molecule has 0 spiro atoms. The van der Waals surface area contributed by atoms with Crippen LogP contribution in [0.4, 0.5) is 0 Å². The van der Waals surface area contributed by atoms with Gasteiger partial charge in [-0.2, -0.15) is 0 Å². The van der Waals surface area contributed by atoms with Crippen molar-refractivity contribution in [2.45, 2.75) is 19.6 Å². The molecule has 0 aliphatic heterocycles. The summed E-state index contributed by atoms with van der Waals surface area (Å²) < 4.78 is 0. The van der Waals surface area contributed by atoms with Crippen molar-refractivity contribution >= 4 is 29.8 Å². The largest absolute Gasteiger partial charge is 0.289 e. The molecule has 162 valence electrons. The first-order chi connectivity index (χ1) is 16.5. The number of hydrogen-bond acceptors (Lipinski definition) is 1. The lowest BCUT2D eigenvalue weighted by Crippen LogP contribution is -2.42. The highest BCUT2D eigenvalue weighted by atomic mass is 28.3. The Bertz CT molecular complexity index is 1690. The Morgan fingerprint density at radius 1 is 0.471 bits per heavy atom. The second-order valence-electron chi connectivity index (χ2n) is 10.4. The SMILES string of the molecule is C[Si](C)(C)c1c2c(c3c(-c4ccccc4)ccc4c3c1-c1ccccc1-4)-c1ccccc1C2=O. The number of ketones is 1. The van der Waals surface area contributed by atoms with Gasteiger partial charge in [-0.05, 0) is 54.9 Å². The van der Waals surface area contributed by atoms with Crippen molar-refractivity contribution in [1.82, 2.24) is 0 Å². The van der Waals surface area contributed by atoms with E-state index in [1.54, 1.807) is 0 Å². The minimum Gasteiger partial charge on any atom is -0.289 e. The van der Waals surface area contributed by atoms with Crippen molar-refractivity contribution in [2.75, 3.05) is 0 Å². The van der Waals surface area contributed by atoms with Gasteiger partial charge in [0.25, 0.3) is 0 Å². The summed E-state index contributed by atoms with van der Waals surface area (Å²) in [5, 5.41) is 3.86. The third-order valence-electron chi connectivity index (χ3n) is 7.44. The van der Waals surface area contributed by atoms with Gasteiger partial charge in [0.05, 0.1) is 8.07 Å². The summed E-state index contributed by atoms with van der Waals surface area (Å²) in [6.45, 7) is 7.13. The number of benzene rings is 5. The average molecular weight is 453 g/mol. The Labute approximate surface area is 200 Å². The van der Waals surface area contributed by atoms with E-state index >= 15 is 0 Å². The van der Waals surface area contributed by atoms with Gasteiger partial charge in [-0.1, -0.05) is 111 Å². The number of hydrogen-bond donors (Lipinski definition) is 0. The summed E-state index contributed by atoms with van der Waals surface area (Å²) in [7, 11) is -1.91. The summed E-state index contributed by atoms with van der Waals surface area (Å²) >= 11 is 0. The molecule has 7 rings (SSSR count). The van der Waals surface area contributed by atoms with Gasteiger partial charge in [-0.15, -0.1) is 0 Å². The van der Waals surface area contributed by atoms with Crippen molar-refractivity contribution in [3.05, 3.63) is 102 Å². The highest BCUT2D eigenvalue weighted by Gasteiger charge is 2.40. The quantitative estimate of drug-likeness (QED) is 0.244. The highest BCUT2D eigenvalue weighted by molar-refractivity contribution is 6.91.